The Kier molecular flexibility index (Phi) is 6.38. The van der Waals surface area contributed by atoms with Crippen LogP contribution in [0.5, 0.6) is 0 Å². The van der Waals surface area contributed by atoms with Crippen LogP contribution < -0.4 is 11.1 Å². The van der Waals surface area contributed by atoms with E-state index in [9.17, 15) is 9.59 Å². The molecule has 0 aliphatic rings. The molecule has 19 heavy (non-hydrogen) atoms. The lowest BCUT2D eigenvalue weighted by Crippen LogP contribution is -2.42. The normalized spacial score (nSPS) is 11.5. The minimum absolute atomic E-state index is 0.142. The number of esters is 1. The van der Waals surface area contributed by atoms with Gasteiger partial charge in [0.2, 0.25) is 0 Å². The molecule has 0 saturated carbocycles. The number of nitrogens with two attached hydrogens (primary N) is 1. The Labute approximate surface area is 111 Å². The Morgan fingerprint density at radius 2 is 2.00 bits per heavy atom. The first-order valence-electron chi connectivity index (χ1n) is 5.92. The first kappa shape index (κ1) is 15.0. The third kappa shape index (κ3) is 5.39. The van der Waals surface area contributed by atoms with Crippen LogP contribution in [-0.2, 0) is 20.9 Å². The van der Waals surface area contributed by atoms with E-state index in [1.807, 2.05) is 30.3 Å². The van der Waals surface area contributed by atoms with Gasteiger partial charge in [-0.25, -0.2) is 9.59 Å². The molecule has 0 aromatic heterocycles. The summed E-state index contributed by atoms with van der Waals surface area (Å²) >= 11 is 0. The number of rotatable bonds is 6. The second-order valence-corrected chi connectivity index (χ2v) is 3.86. The summed E-state index contributed by atoms with van der Waals surface area (Å²) in [4.78, 5) is 22.9. The van der Waals surface area contributed by atoms with Crippen LogP contribution in [0.2, 0.25) is 0 Å². The van der Waals surface area contributed by atoms with E-state index in [2.05, 4.69) is 10.1 Å². The molecule has 0 radical (unpaired) electrons. The van der Waals surface area contributed by atoms with Crippen molar-refractivity contribution in [3.05, 3.63) is 35.9 Å². The number of carbonyl (C=O) groups is 2. The predicted molar refractivity (Wildman–Crippen MR) is 69.2 cm³/mol. The average Bonchev–Trinajstić information content (AvgIpc) is 2.45. The van der Waals surface area contributed by atoms with Crippen LogP contribution in [-0.4, -0.2) is 31.8 Å². The zero-order valence-electron chi connectivity index (χ0n) is 10.8. The van der Waals surface area contributed by atoms with E-state index in [1.165, 1.54) is 7.11 Å². The number of carbonyl (C=O) groups excluding carboxylic acids is 2. The molecule has 0 saturated heterocycles. The van der Waals surface area contributed by atoms with E-state index in [1.54, 1.807) is 0 Å². The Balaban J connectivity index is 2.42. The van der Waals surface area contributed by atoms with Gasteiger partial charge in [-0.3, -0.25) is 0 Å². The number of amides is 1. The molecule has 0 bridgehead atoms. The van der Waals surface area contributed by atoms with Crippen LogP contribution in [0.3, 0.4) is 0 Å². The van der Waals surface area contributed by atoms with Gasteiger partial charge in [-0.1, -0.05) is 30.3 Å². The molecule has 1 aromatic carbocycles. The summed E-state index contributed by atoms with van der Waals surface area (Å²) in [6, 6.07) is 8.47. The van der Waals surface area contributed by atoms with E-state index >= 15 is 0 Å². The number of nitrogens with one attached hydrogen (secondary N) is 1. The summed E-state index contributed by atoms with van der Waals surface area (Å²) < 4.78 is 9.56. The second kappa shape index (κ2) is 8.10. The van der Waals surface area contributed by atoms with Gasteiger partial charge < -0.3 is 20.5 Å². The molecule has 0 unspecified atom stereocenters. The quantitative estimate of drug-likeness (QED) is 0.743. The second-order valence-electron chi connectivity index (χ2n) is 3.86. The monoisotopic (exact) mass is 266 g/mol. The lowest BCUT2D eigenvalue weighted by Gasteiger charge is -2.15. The fourth-order valence-corrected chi connectivity index (χ4v) is 1.46. The molecule has 1 atom stereocenters. The van der Waals surface area contributed by atoms with E-state index in [4.69, 9.17) is 10.5 Å². The Bertz CT molecular complexity index is 408. The third-order valence-electron chi connectivity index (χ3n) is 2.45. The van der Waals surface area contributed by atoms with Gasteiger partial charge in [-0.15, -0.1) is 0 Å². The van der Waals surface area contributed by atoms with Crippen LogP contribution in [0.4, 0.5) is 4.79 Å². The lowest BCUT2D eigenvalue weighted by atomic mass is 10.2. The topological polar surface area (TPSA) is 90.6 Å². The van der Waals surface area contributed by atoms with Crippen LogP contribution in [0, 0.1) is 0 Å². The molecule has 0 aliphatic heterocycles. The van der Waals surface area contributed by atoms with E-state index in [-0.39, 0.29) is 13.2 Å². The molecule has 1 aromatic rings. The zero-order chi connectivity index (χ0) is 14.1. The summed E-state index contributed by atoms with van der Waals surface area (Å²) in [5.41, 5.74) is 6.23. The van der Waals surface area contributed by atoms with Gasteiger partial charge in [0.15, 0.2) is 0 Å². The van der Waals surface area contributed by atoms with Crippen LogP contribution in [0.15, 0.2) is 30.3 Å². The van der Waals surface area contributed by atoms with Crippen LogP contribution in [0.25, 0.3) is 0 Å². The lowest BCUT2D eigenvalue weighted by molar-refractivity contribution is -0.143. The average molecular weight is 266 g/mol. The first-order valence-corrected chi connectivity index (χ1v) is 5.92. The number of hydrogen-bond acceptors (Lipinski definition) is 5. The summed E-state index contributed by atoms with van der Waals surface area (Å²) in [5, 5.41) is 2.42. The number of benzene rings is 1. The van der Waals surface area contributed by atoms with Gasteiger partial charge in [0.1, 0.15) is 12.6 Å². The van der Waals surface area contributed by atoms with Gasteiger partial charge in [0, 0.05) is 0 Å². The predicted octanol–water partition coefficient (Wildman–Crippen LogP) is 0.803. The largest absolute Gasteiger partial charge is 0.467 e. The molecule has 3 N–H and O–H groups in total. The first-order chi connectivity index (χ1) is 9.17. The van der Waals surface area contributed by atoms with Gasteiger partial charge in [0.25, 0.3) is 0 Å². The highest BCUT2D eigenvalue weighted by Crippen LogP contribution is 2.01. The van der Waals surface area contributed by atoms with Crippen molar-refractivity contribution in [1.82, 2.24) is 5.32 Å². The maximum atomic E-state index is 11.5. The fraction of sp³-hybridized carbons (Fsp3) is 0.385. The number of methoxy groups -OCH3 is 1. The van der Waals surface area contributed by atoms with E-state index in [0.717, 1.165) is 5.56 Å². The third-order valence-corrected chi connectivity index (χ3v) is 2.45. The molecule has 104 valence electrons. The standard InChI is InChI=1S/C13H18N2O4/c1-18-12(16)11(7-8-14)15-13(17)19-9-10-5-3-2-4-6-10/h2-6,11H,7-9,14H2,1H3,(H,15,17)/t11-/m1/s1. The summed E-state index contributed by atoms with van der Waals surface area (Å²) in [5.74, 6) is -0.540. The van der Waals surface area contributed by atoms with Crippen LogP contribution >= 0.6 is 0 Å². The molecular formula is C13H18N2O4. The molecular weight excluding hydrogens is 248 g/mol. The van der Waals surface area contributed by atoms with E-state index in [0.29, 0.717) is 6.42 Å². The van der Waals surface area contributed by atoms with Crippen molar-refractivity contribution in [3.8, 4) is 0 Å². The molecule has 0 spiro atoms. The highest BCUT2D eigenvalue weighted by molar-refractivity contribution is 5.81. The molecule has 0 heterocycles. The van der Waals surface area contributed by atoms with Crippen LogP contribution in [0.1, 0.15) is 12.0 Å². The Hall–Kier alpha value is -2.08. The molecule has 6 heteroatoms. The van der Waals surface area contributed by atoms with Crippen molar-refractivity contribution >= 4 is 12.1 Å². The maximum Gasteiger partial charge on any atom is 0.408 e. The molecule has 1 rings (SSSR count). The van der Waals surface area contributed by atoms with Crippen molar-refractivity contribution in [2.75, 3.05) is 13.7 Å². The van der Waals surface area contributed by atoms with Crippen molar-refractivity contribution < 1.29 is 19.1 Å². The van der Waals surface area contributed by atoms with Gasteiger partial charge >= 0.3 is 12.1 Å². The molecule has 1 amide bonds. The van der Waals surface area contributed by atoms with Crippen molar-refractivity contribution in [3.63, 3.8) is 0 Å². The van der Waals surface area contributed by atoms with Crippen molar-refractivity contribution in [2.45, 2.75) is 19.1 Å². The number of ether oxygens (including phenoxy) is 2. The number of alkyl carbamates (subject to hydrolysis) is 1. The highest BCUT2D eigenvalue weighted by atomic mass is 16.6. The van der Waals surface area contributed by atoms with E-state index < -0.39 is 18.1 Å². The highest BCUT2D eigenvalue weighted by Gasteiger charge is 2.21. The molecule has 0 aliphatic carbocycles. The minimum Gasteiger partial charge on any atom is -0.467 e. The maximum absolute atomic E-state index is 11.5. The Morgan fingerprint density at radius 3 is 2.58 bits per heavy atom. The van der Waals surface area contributed by atoms with Crippen molar-refractivity contribution in [2.24, 2.45) is 5.73 Å². The molecule has 6 nitrogen and oxygen atoms in total. The summed E-state index contributed by atoms with van der Waals surface area (Å²) in [6.45, 7) is 0.405. The fourth-order valence-electron chi connectivity index (χ4n) is 1.46. The SMILES string of the molecule is COC(=O)[C@@H](CCN)NC(=O)OCc1ccccc1. The molecule has 0 fully saturated rings. The smallest absolute Gasteiger partial charge is 0.408 e. The van der Waals surface area contributed by atoms with Gasteiger partial charge in [-0.05, 0) is 18.5 Å². The number of hydrogen-bond donors (Lipinski definition) is 2. The summed E-state index contributed by atoms with van der Waals surface area (Å²) in [7, 11) is 1.25. The minimum atomic E-state index is -0.779. The van der Waals surface area contributed by atoms with Gasteiger partial charge in [-0.2, -0.15) is 0 Å². The summed E-state index contributed by atoms with van der Waals surface area (Å²) in [6.07, 6.45) is -0.375. The van der Waals surface area contributed by atoms with Gasteiger partial charge in [0.05, 0.1) is 7.11 Å². The van der Waals surface area contributed by atoms with Crippen molar-refractivity contribution in [1.29, 1.82) is 0 Å². The zero-order valence-corrected chi connectivity index (χ0v) is 10.8. The Morgan fingerprint density at radius 1 is 1.32 bits per heavy atom.